The Kier molecular flexibility index (Phi) is 7.19. The number of para-hydroxylation sites is 3. The topological polar surface area (TPSA) is 72.6 Å². The minimum Gasteiger partial charge on any atom is -0.456 e. The Morgan fingerprint density at radius 2 is 1.00 bits per heavy atom. The second kappa shape index (κ2) is 12.9. The maximum Gasteiger partial charge on any atom is 0.160 e. The molecule has 0 aliphatic rings. The zero-order valence-corrected chi connectivity index (χ0v) is 31.5. The number of nitriles is 1. The molecule has 8 aromatic carbocycles. The van der Waals surface area contributed by atoms with E-state index in [2.05, 4.69) is 130 Å². The minimum atomic E-state index is 0.412. The Labute approximate surface area is 338 Å². The monoisotopic (exact) mass is 753 g/mol. The molecule has 0 radical (unpaired) electrons. The second-order valence-electron chi connectivity index (χ2n) is 14.8. The molecule has 0 fully saturated rings. The van der Waals surface area contributed by atoms with E-state index < -0.39 is 0 Å². The Hall–Kier alpha value is -8.27. The standard InChI is InChI=1S/C53H31N5O/c54-32-42-49(33-15-4-1-5-16-33)55-53(34-17-6-2-7-18-34)56-50(42)35-27-28-41-47(31-35)59-46-26-14-25-45(48(41)46)58-44-24-13-11-22-38(44)40-30-29-39-37-21-10-12-23-43(37)57(51(39)52(40)58)36-19-8-3-9-20-36/h1-31H. The number of nitrogens with zero attached hydrogens (tertiary/aromatic N) is 5. The summed E-state index contributed by atoms with van der Waals surface area (Å²) in [6.07, 6.45) is 0. The van der Waals surface area contributed by atoms with Crippen molar-refractivity contribution >= 4 is 65.6 Å². The normalized spacial score (nSPS) is 11.7. The summed E-state index contributed by atoms with van der Waals surface area (Å²) in [6, 6.07) is 67.2. The van der Waals surface area contributed by atoms with E-state index in [9.17, 15) is 5.26 Å². The zero-order chi connectivity index (χ0) is 39.0. The van der Waals surface area contributed by atoms with Crippen LogP contribution in [0.2, 0.25) is 0 Å². The highest BCUT2D eigenvalue weighted by atomic mass is 16.3. The number of furan rings is 1. The van der Waals surface area contributed by atoms with Gasteiger partial charge in [-0.1, -0.05) is 140 Å². The van der Waals surface area contributed by atoms with E-state index in [4.69, 9.17) is 14.4 Å². The fraction of sp³-hybridized carbons (Fsp3) is 0. The van der Waals surface area contributed by atoms with E-state index in [0.29, 0.717) is 28.4 Å². The molecule has 0 amide bonds. The molecule has 6 nitrogen and oxygen atoms in total. The molecule has 0 atom stereocenters. The Balaban J connectivity index is 1.14. The number of hydrogen-bond donors (Lipinski definition) is 0. The van der Waals surface area contributed by atoms with Crippen molar-refractivity contribution in [2.75, 3.05) is 0 Å². The molecule has 59 heavy (non-hydrogen) atoms. The molecule has 4 heterocycles. The zero-order valence-electron chi connectivity index (χ0n) is 31.5. The van der Waals surface area contributed by atoms with Gasteiger partial charge in [-0.3, -0.25) is 0 Å². The summed E-state index contributed by atoms with van der Waals surface area (Å²) in [6.45, 7) is 0. The van der Waals surface area contributed by atoms with Gasteiger partial charge in [0.25, 0.3) is 0 Å². The lowest BCUT2D eigenvalue weighted by Crippen LogP contribution is -2.01. The highest BCUT2D eigenvalue weighted by molar-refractivity contribution is 6.24. The molecule has 12 aromatic rings. The fourth-order valence-corrected chi connectivity index (χ4v) is 9.03. The molecule has 0 bridgehead atoms. The summed E-state index contributed by atoms with van der Waals surface area (Å²) < 4.78 is 11.6. The van der Waals surface area contributed by atoms with E-state index in [0.717, 1.165) is 66.5 Å². The van der Waals surface area contributed by atoms with Crippen molar-refractivity contribution in [2.24, 2.45) is 0 Å². The first-order valence-electron chi connectivity index (χ1n) is 19.6. The first-order chi connectivity index (χ1) is 29.2. The van der Waals surface area contributed by atoms with Crippen LogP contribution in [-0.2, 0) is 0 Å². The van der Waals surface area contributed by atoms with Crippen LogP contribution in [0.3, 0.4) is 0 Å². The van der Waals surface area contributed by atoms with Gasteiger partial charge in [0, 0.05) is 49.3 Å². The van der Waals surface area contributed by atoms with Gasteiger partial charge < -0.3 is 13.6 Å². The van der Waals surface area contributed by atoms with Crippen LogP contribution >= 0.6 is 0 Å². The number of rotatable bonds is 5. The van der Waals surface area contributed by atoms with Gasteiger partial charge in [-0.2, -0.15) is 5.26 Å². The molecule has 0 unspecified atom stereocenters. The molecule has 274 valence electrons. The largest absolute Gasteiger partial charge is 0.456 e. The van der Waals surface area contributed by atoms with Crippen LogP contribution in [0.1, 0.15) is 5.56 Å². The molecule has 0 saturated heterocycles. The maximum absolute atomic E-state index is 10.7. The third-order valence-corrected chi connectivity index (χ3v) is 11.6. The van der Waals surface area contributed by atoms with Crippen molar-refractivity contribution in [3.8, 4) is 51.3 Å². The van der Waals surface area contributed by atoms with E-state index in [1.807, 2.05) is 72.8 Å². The molecule has 6 heteroatoms. The Morgan fingerprint density at radius 3 is 1.68 bits per heavy atom. The number of aromatic nitrogens is 4. The first-order valence-corrected chi connectivity index (χ1v) is 19.6. The lowest BCUT2D eigenvalue weighted by Gasteiger charge is -2.13. The van der Waals surface area contributed by atoms with Gasteiger partial charge in [0.2, 0.25) is 0 Å². The average molecular weight is 754 g/mol. The van der Waals surface area contributed by atoms with Crippen molar-refractivity contribution in [2.45, 2.75) is 0 Å². The van der Waals surface area contributed by atoms with Crippen LogP contribution in [0.25, 0.3) is 111 Å². The number of hydrogen-bond acceptors (Lipinski definition) is 4. The van der Waals surface area contributed by atoms with Crippen LogP contribution in [0.4, 0.5) is 0 Å². The number of benzene rings is 8. The van der Waals surface area contributed by atoms with Crippen LogP contribution in [0.15, 0.2) is 192 Å². The summed E-state index contributed by atoms with van der Waals surface area (Å²) in [5.41, 5.74) is 12.2. The molecular formula is C53H31N5O. The van der Waals surface area contributed by atoms with E-state index >= 15 is 0 Å². The molecule has 0 N–H and O–H groups in total. The van der Waals surface area contributed by atoms with Gasteiger partial charge >= 0.3 is 0 Å². The first kappa shape index (κ1) is 32.9. The summed E-state index contributed by atoms with van der Waals surface area (Å²) in [5, 5.41) is 17.4. The SMILES string of the molecule is N#Cc1c(-c2ccccc2)nc(-c2ccccc2)nc1-c1ccc2c(c1)oc1cccc(-n3c4ccccc4c4ccc5c6ccccc6n(-c6ccccc6)c5c43)c12. The highest BCUT2D eigenvalue weighted by Crippen LogP contribution is 2.44. The van der Waals surface area contributed by atoms with Gasteiger partial charge in [0.1, 0.15) is 22.8 Å². The quantitative estimate of drug-likeness (QED) is 0.175. The van der Waals surface area contributed by atoms with Crippen molar-refractivity contribution in [1.82, 2.24) is 19.1 Å². The summed E-state index contributed by atoms with van der Waals surface area (Å²) >= 11 is 0. The molecule has 4 aromatic heterocycles. The van der Waals surface area contributed by atoms with Gasteiger partial charge in [-0.25, -0.2) is 9.97 Å². The van der Waals surface area contributed by atoms with Crippen LogP contribution < -0.4 is 0 Å². The van der Waals surface area contributed by atoms with Crippen molar-refractivity contribution in [1.29, 1.82) is 5.26 Å². The summed E-state index contributed by atoms with van der Waals surface area (Å²) in [5.74, 6) is 0.552. The van der Waals surface area contributed by atoms with Crippen molar-refractivity contribution in [3.05, 3.63) is 194 Å². The van der Waals surface area contributed by atoms with E-state index in [1.165, 1.54) is 21.5 Å². The molecule has 0 aliphatic carbocycles. The molecular weight excluding hydrogens is 723 g/mol. The molecule has 12 rings (SSSR count). The van der Waals surface area contributed by atoms with Crippen molar-refractivity contribution < 1.29 is 4.42 Å². The molecule has 0 aliphatic heterocycles. The van der Waals surface area contributed by atoms with Gasteiger partial charge in [0.05, 0.1) is 44.5 Å². The minimum absolute atomic E-state index is 0.412. The maximum atomic E-state index is 10.7. The van der Waals surface area contributed by atoms with Crippen LogP contribution in [0.5, 0.6) is 0 Å². The summed E-state index contributed by atoms with van der Waals surface area (Å²) in [7, 11) is 0. The predicted octanol–water partition coefficient (Wildman–Crippen LogP) is 13.4. The smallest absolute Gasteiger partial charge is 0.160 e. The third kappa shape index (κ3) is 4.92. The third-order valence-electron chi connectivity index (χ3n) is 11.6. The van der Waals surface area contributed by atoms with Gasteiger partial charge in [-0.05, 0) is 48.5 Å². The molecule has 0 spiro atoms. The average Bonchev–Trinajstić information content (AvgIpc) is 3.97. The van der Waals surface area contributed by atoms with Crippen LogP contribution in [0, 0.1) is 11.3 Å². The van der Waals surface area contributed by atoms with Gasteiger partial charge in [0.15, 0.2) is 5.82 Å². The van der Waals surface area contributed by atoms with E-state index in [1.54, 1.807) is 0 Å². The Bertz CT molecular complexity index is 3670. The highest BCUT2D eigenvalue weighted by Gasteiger charge is 2.24. The second-order valence-corrected chi connectivity index (χ2v) is 14.8. The lowest BCUT2D eigenvalue weighted by molar-refractivity contribution is 0.669. The van der Waals surface area contributed by atoms with E-state index in [-0.39, 0.29) is 0 Å². The predicted molar refractivity (Wildman–Crippen MR) is 239 cm³/mol. The lowest BCUT2D eigenvalue weighted by atomic mass is 9.99. The molecule has 0 saturated carbocycles. The van der Waals surface area contributed by atoms with Gasteiger partial charge in [-0.15, -0.1) is 0 Å². The van der Waals surface area contributed by atoms with Crippen molar-refractivity contribution in [3.63, 3.8) is 0 Å². The Morgan fingerprint density at radius 1 is 0.441 bits per heavy atom. The number of fused-ring (bicyclic) bond motifs is 10. The summed E-state index contributed by atoms with van der Waals surface area (Å²) in [4.78, 5) is 10.0. The van der Waals surface area contributed by atoms with Crippen LogP contribution in [-0.4, -0.2) is 19.1 Å². The fourth-order valence-electron chi connectivity index (χ4n) is 9.03.